The van der Waals surface area contributed by atoms with Gasteiger partial charge in [0.15, 0.2) is 0 Å². The van der Waals surface area contributed by atoms with Gasteiger partial charge in [-0.25, -0.2) is 0 Å². The fraction of sp³-hybridized carbons (Fsp3) is 0.400. The molecule has 8 heteroatoms. The second kappa shape index (κ2) is 9.73. The third kappa shape index (κ3) is 5.34. The largest absolute Gasteiger partial charge is 0.467 e. The van der Waals surface area contributed by atoms with Crippen molar-refractivity contribution in [3.8, 4) is 0 Å². The summed E-state index contributed by atoms with van der Waals surface area (Å²) < 4.78 is 10.8. The van der Waals surface area contributed by atoms with Crippen LogP contribution in [0.1, 0.15) is 45.9 Å². The Morgan fingerprint density at radius 2 is 1.79 bits per heavy atom. The van der Waals surface area contributed by atoms with Gasteiger partial charge in [0.1, 0.15) is 12.0 Å². The van der Waals surface area contributed by atoms with Crippen LogP contribution in [-0.2, 0) is 17.8 Å². The van der Waals surface area contributed by atoms with E-state index in [1.165, 1.54) is 6.26 Å². The molecular formula is C20H26ClN3O4. The van der Waals surface area contributed by atoms with Crippen LogP contribution in [0.5, 0.6) is 0 Å². The molecule has 28 heavy (non-hydrogen) atoms. The summed E-state index contributed by atoms with van der Waals surface area (Å²) in [6, 6.07) is 8.91. The van der Waals surface area contributed by atoms with Gasteiger partial charge in [-0.1, -0.05) is 12.1 Å². The van der Waals surface area contributed by atoms with E-state index < -0.39 is 0 Å². The van der Waals surface area contributed by atoms with E-state index in [1.807, 2.05) is 30.9 Å². The second-order valence-corrected chi connectivity index (χ2v) is 6.85. The second-order valence-electron chi connectivity index (χ2n) is 6.85. The zero-order valence-corrected chi connectivity index (χ0v) is 16.8. The van der Waals surface area contributed by atoms with Gasteiger partial charge in [-0.15, -0.1) is 12.4 Å². The van der Waals surface area contributed by atoms with E-state index in [2.05, 4.69) is 5.32 Å². The van der Waals surface area contributed by atoms with Gasteiger partial charge in [-0.2, -0.15) is 0 Å². The Morgan fingerprint density at radius 3 is 2.36 bits per heavy atom. The van der Waals surface area contributed by atoms with Crippen molar-refractivity contribution in [1.82, 2.24) is 10.2 Å². The Kier molecular flexibility index (Phi) is 7.62. The molecule has 1 aromatic heterocycles. The fourth-order valence-corrected chi connectivity index (χ4v) is 3.18. The number of carbonyl (C=O) groups is 2. The molecule has 0 radical (unpaired) electrons. The molecule has 3 rings (SSSR count). The van der Waals surface area contributed by atoms with E-state index in [4.69, 9.17) is 14.9 Å². The smallest absolute Gasteiger partial charge is 0.254 e. The Labute approximate surface area is 170 Å². The number of ether oxygens (including phenoxy) is 1. The van der Waals surface area contributed by atoms with Crippen LogP contribution in [0, 0.1) is 0 Å². The van der Waals surface area contributed by atoms with E-state index in [9.17, 15) is 9.59 Å². The standard InChI is InChI=1S/C20H25N3O4.ClH/c1-13-10-23(11-14(2)27-13)20(25)16-5-3-15(4-6-16)9-22-19(24)17-7-18(8-21)26-12-17;/h3-7,12-14H,8-11,21H2,1-2H3,(H,22,24);1H. The summed E-state index contributed by atoms with van der Waals surface area (Å²) in [5.74, 6) is 0.338. The van der Waals surface area contributed by atoms with E-state index >= 15 is 0 Å². The number of morpholine rings is 1. The lowest BCUT2D eigenvalue weighted by Crippen LogP contribution is -2.48. The van der Waals surface area contributed by atoms with Crippen LogP contribution in [0.25, 0.3) is 0 Å². The molecule has 1 aliphatic rings. The van der Waals surface area contributed by atoms with Crippen LogP contribution < -0.4 is 11.1 Å². The molecule has 0 spiro atoms. The maximum atomic E-state index is 12.7. The Bertz CT molecular complexity index is 796. The first-order valence-electron chi connectivity index (χ1n) is 9.05. The van der Waals surface area contributed by atoms with Gasteiger partial charge in [0.05, 0.1) is 24.3 Å². The van der Waals surface area contributed by atoms with Crippen LogP contribution in [0.4, 0.5) is 0 Å². The van der Waals surface area contributed by atoms with Gasteiger partial charge in [-0.3, -0.25) is 9.59 Å². The van der Waals surface area contributed by atoms with Crippen molar-refractivity contribution in [2.45, 2.75) is 39.1 Å². The molecule has 0 aliphatic carbocycles. The Hall–Kier alpha value is -2.35. The number of hydrogen-bond acceptors (Lipinski definition) is 5. The average molecular weight is 408 g/mol. The molecule has 1 fully saturated rings. The summed E-state index contributed by atoms with van der Waals surface area (Å²) in [4.78, 5) is 26.6. The van der Waals surface area contributed by atoms with Crippen molar-refractivity contribution in [2.24, 2.45) is 5.73 Å². The minimum atomic E-state index is -0.227. The Balaban J connectivity index is 0.00000280. The summed E-state index contributed by atoms with van der Waals surface area (Å²) in [5.41, 5.74) is 7.46. The number of amides is 2. The predicted octanol–water partition coefficient (Wildman–Crippen LogP) is 2.34. The SMILES string of the molecule is CC1CN(C(=O)c2ccc(CNC(=O)c3coc(CN)c3)cc2)CC(C)O1.Cl. The lowest BCUT2D eigenvalue weighted by Gasteiger charge is -2.35. The molecule has 2 aromatic rings. The summed E-state index contributed by atoms with van der Waals surface area (Å²) in [7, 11) is 0. The van der Waals surface area contributed by atoms with Crippen LogP contribution in [-0.4, -0.2) is 42.0 Å². The normalized spacial score (nSPS) is 19.0. The summed E-state index contributed by atoms with van der Waals surface area (Å²) in [6.45, 7) is 5.74. The Morgan fingerprint density at radius 1 is 1.14 bits per heavy atom. The van der Waals surface area contributed by atoms with Gasteiger partial charge in [0.25, 0.3) is 11.8 Å². The minimum Gasteiger partial charge on any atom is -0.467 e. The molecule has 2 amide bonds. The number of rotatable bonds is 5. The van der Waals surface area contributed by atoms with Gasteiger partial charge in [-0.05, 0) is 37.6 Å². The van der Waals surface area contributed by atoms with Gasteiger partial charge in [0.2, 0.25) is 0 Å². The van der Waals surface area contributed by atoms with Gasteiger partial charge < -0.3 is 25.1 Å². The lowest BCUT2D eigenvalue weighted by atomic mass is 10.1. The van der Waals surface area contributed by atoms with Crippen LogP contribution in [0.3, 0.4) is 0 Å². The number of nitrogens with one attached hydrogen (secondary N) is 1. The molecule has 7 nitrogen and oxygen atoms in total. The highest BCUT2D eigenvalue weighted by atomic mass is 35.5. The minimum absolute atomic E-state index is 0. The van der Waals surface area contributed by atoms with Gasteiger partial charge >= 0.3 is 0 Å². The highest BCUT2D eigenvalue weighted by Gasteiger charge is 2.26. The third-order valence-electron chi connectivity index (χ3n) is 4.48. The fourth-order valence-electron chi connectivity index (χ4n) is 3.18. The number of nitrogens with zero attached hydrogens (tertiary/aromatic N) is 1. The van der Waals surface area contributed by atoms with Gasteiger partial charge in [0, 0.05) is 25.2 Å². The molecule has 1 aromatic carbocycles. The number of furan rings is 1. The zero-order valence-electron chi connectivity index (χ0n) is 16.0. The van der Waals surface area contributed by atoms with E-state index in [0.717, 1.165) is 5.56 Å². The highest BCUT2D eigenvalue weighted by molar-refractivity contribution is 5.95. The molecule has 2 unspecified atom stereocenters. The number of benzene rings is 1. The average Bonchev–Trinajstić information content (AvgIpc) is 3.14. The maximum Gasteiger partial charge on any atom is 0.254 e. The summed E-state index contributed by atoms with van der Waals surface area (Å²) >= 11 is 0. The first kappa shape index (κ1) is 21.9. The number of nitrogens with two attached hydrogens (primary N) is 1. The third-order valence-corrected chi connectivity index (χ3v) is 4.48. The van der Waals surface area contributed by atoms with E-state index in [-0.39, 0.29) is 43.0 Å². The zero-order chi connectivity index (χ0) is 19.4. The van der Waals surface area contributed by atoms with Crippen molar-refractivity contribution in [1.29, 1.82) is 0 Å². The van der Waals surface area contributed by atoms with Crippen molar-refractivity contribution >= 4 is 24.2 Å². The molecule has 3 N–H and O–H groups in total. The molecule has 2 heterocycles. The first-order valence-corrected chi connectivity index (χ1v) is 9.05. The van der Waals surface area contributed by atoms with E-state index in [0.29, 0.717) is 36.5 Å². The molecule has 1 saturated heterocycles. The molecule has 0 saturated carbocycles. The first-order chi connectivity index (χ1) is 13.0. The number of carbonyl (C=O) groups excluding carboxylic acids is 2. The maximum absolute atomic E-state index is 12.7. The van der Waals surface area contributed by atoms with Crippen molar-refractivity contribution in [3.63, 3.8) is 0 Å². The van der Waals surface area contributed by atoms with Crippen molar-refractivity contribution < 1.29 is 18.7 Å². The topological polar surface area (TPSA) is 97.8 Å². The van der Waals surface area contributed by atoms with Crippen LogP contribution in [0.15, 0.2) is 41.0 Å². The number of halogens is 1. The molecule has 2 atom stereocenters. The van der Waals surface area contributed by atoms with Crippen LogP contribution in [0.2, 0.25) is 0 Å². The van der Waals surface area contributed by atoms with Crippen LogP contribution >= 0.6 is 12.4 Å². The van der Waals surface area contributed by atoms with Crippen molar-refractivity contribution in [3.05, 3.63) is 59.0 Å². The highest BCUT2D eigenvalue weighted by Crippen LogP contribution is 2.15. The quantitative estimate of drug-likeness (QED) is 0.792. The molecule has 152 valence electrons. The number of hydrogen-bond donors (Lipinski definition) is 2. The molecular weight excluding hydrogens is 382 g/mol. The summed E-state index contributed by atoms with van der Waals surface area (Å²) in [6.07, 6.45) is 1.47. The monoisotopic (exact) mass is 407 g/mol. The lowest BCUT2D eigenvalue weighted by molar-refractivity contribution is -0.0586. The molecule has 1 aliphatic heterocycles. The van der Waals surface area contributed by atoms with E-state index in [1.54, 1.807) is 18.2 Å². The summed E-state index contributed by atoms with van der Waals surface area (Å²) in [5, 5.41) is 2.82. The molecule has 0 bridgehead atoms. The van der Waals surface area contributed by atoms with Crippen molar-refractivity contribution in [2.75, 3.05) is 13.1 Å². The predicted molar refractivity (Wildman–Crippen MR) is 107 cm³/mol.